The third-order valence-corrected chi connectivity index (χ3v) is 4.89. The lowest BCUT2D eigenvalue weighted by molar-refractivity contribution is -0.117. The Kier molecular flexibility index (Phi) is 4.68. The lowest BCUT2D eigenvalue weighted by atomic mass is 10.2. The van der Waals surface area contributed by atoms with E-state index < -0.39 is 0 Å². The fraction of sp³-hybridized carbons (Fsp3) is 0.222. The first-order valence-corrected chi connectivity index (χ1v) is 9.31. The minimum absolute atomic E-state index is 0.104. The Morgan fingerprint density at radius 1 is 1.30 bits per heavy atom. The van der Waals surface area contributed by atoms with E-state index in [1.165, 1.54) is 6.26 Å². The van der Waals surface area contributed by atoms with Gasteiger partial charge in [-0.25, -0.2) is 0 Å². The second-order valence-electron chi connectivity index (χ2n) is 6.02. The number of benzene rings is 1. The van der Waals surface area contributed by atoms with Crippen molar-refractivity contribution in [2.24, 2.45) is 0 Å². The van der Waals surface area contributed by atoms with Crippen LogP contribution < -0.4 is 10.2 Å². The molecule has 3 heterocycles. The van der Waals surface area contributed by atoms with Crippen molar-refractivity contribution in [1.29, 1.82) is 0 Å². The molecule has 3 aromatic rings. The van der Waals surface area contributed by atoms with Crippen LogP contribution in [-0.2, 0) is 9.59 Å². The number of nitrogens with one attached hydrogen (secondary N) is 1. The van der Waals surface area contributed by atoms with Gasteiger partial charge in [0.15, 0.2) is 5.76 Å². The van der Waals surface area contributed by atoms with E-state index in [9.17, 15) is 9.59 Å². The Balaban J connectivity index is 1.50. The van der Waals surface area contributed by atoms with Crippen molar-refractivity contribution in [2.45, 2.75) is 24.6 Å². The van der Waals surface area contributed by atoms with E-state index in [-0.39, 0.29) is 41.1 Å². The largest absolute Gasteiger partial charge is 0.459 e. The summed E-state index contributed by atoms with van der Waals surface area (Å²) in [5.74, 6) is 0.581. The number of rotatable bonds is 4. The average Bonchev–Trinajstić information content (AvgIpc) is 3.30. The van der Waals surface area contributed by atoms with Crippen LogP contribution in [0.1, 0.15) is 13.3 Å². The summed E-state index contributed by atoms with van der Waals surface area (Å²) in [7, 11) is 0. The van der Waals surface area contributed by atoms with Gasteiger partial charge >= 0.3 is 0 Å². The minimum atomic E-state index is -0.261. The van der Waals surface area contributed by atoms with Crippen molar-refractivity contribution in [3.63, 3.8) is 0 Å². The highest BCUT2D eigenvalue weighted by Gasteiger charge is 2.29. The fourth-order valence-electron chi connectivity index (χ4n) is 2.93. The highest BCUT2D eigenvalue weighted by Crippen LogP contribution is 2.32. The first-order valence-electron chi connectivity index (χ1n) is 8.33. The van der Waals surface area contributed by atoms with E-state index >= 15 is 0 Å². The van der Waals surface area contributed by atoms with Gasteiger partial charge < -0.3 is 19.1 Å². The minimum Gasteiger partial charge on any atom is -0.459 e. The Hall–Kier alpha value is -3.07. The molecule has 9 heteroatoms. The van der Waals surface area contributed by atoms with Gasteiger partial charge in [0.05, 0.1) is 23.4 Å². The maximum absolute atomic E-state index is 12.9. The molecule has 0 saturated heterocycles. The number of carbonyl (C=O) groups is 2. The number of hydrogen-bond donors (Lipinski definition) is 1. The molecule has 0 unspecified atom stereocenters. The molecule has 2 amide bonds. The molecule has 2 aromatic heterocycles. The highest BCUT2D eigenvalue weighted by molar-refractivity contribution is 7.99. The SMILES string of the molecule is C[C@@H]1CC(=O)Nc2ccccc2N1C(=O)CSc1nnc(-c2ccco2)o1. The predicted octanol–water partition coefficient (Wildman–Crippen LogP) is 3.19. The van der Waals surface area contributed by atoms with Crippen molar-refractivity contribution in [3.05, 3.63) is 42.7 Å². The number of anilines is 2. The summed E-state index contributed by atoms with van der Waals surface area (Å²) in [5, 5.41) is 11.0. The van der Waals surface area contributed by atoms with Crippen LogP contribution in [0, 0.1) is 0 Å². The summed E-state index contributed by atoms with van der Waals surface area (Å²) < 4.78 is 10.7. The van der Waals surface area contributed by atoms with Gasteiger partial charge in [-0.15, -0.1) is 10.2 Å². The van der Waals surface area contributed by atoms with Gasteiger partial charge in [0.1, 0.15) is 0 Å². The third kappa shape index (κ3) is 3.59. The van der Waals surface area contributed by atoms with Crippen LogP contribution >= 0.6 is 11.8 Å². The molecule has 0 aliphatic carbocycles. The molecule has 0 saturated carbocycles. The molecule has 27 heavy (non-hydrogen) atoms. The van der Waals surface area contributed by atoms with E-state index in [1.807, 2.05) is 25.1 Å². The number of para-hydroxylation sites is 2. The molecule has 1 N–H and O–H groups in total. The lowest BCUT2D eigenvalue weighted by Crippen LogP contribution is -2.40. The molecule has 138 valence electrons. The number of furan rings is 1. The fourth-order valence-corrected chi connectivity index (χ4v) is 3.55. The van der Waals surface area contributed by atoms with E-state index in [1.54, 1.807) is 23.1 Å². The number of thioether (sulfide) groups is 1. The molecule has 0 fully saturated rings. The van der Waals surface area contributed by atoms with Crippen molar-refractivity contribution in [2.75, 3.05) is 16.0 Å². The van der Waals surface area contributed by atoms with Crippen molar-refractivity contribution >= 4 is 35.0 Å². The van der Waals surface area contributed by atoms with Gasteiger partial charge in [0, 0.05) is 12.5 Å². The Labute approximate surface area is 158 Å². The van der Waals surface area contributed by atoms with E-state index in [0.29, 0.717) is 17.1 Å². The smallest absolute Gasteiger partial charge is 0.284 e. The van der Waals surface area contributed by atoms with Crippen LogP contribution in [-0.4, -0.2) is 33.8 Å². The molecule has 1 aliphatic heterocycles. The summed E-state index contributed by atoms with van der Waals surface area (Å²) in [6.45, 7) is 1.85. The maximum atomic E-state index is 12.9. The second-order valence-corrected chi connectivity index (χ2v) is 6.95. The van der Waals surface area contributed by atoms with Crippen LogP contribution in [0.2, 0.25) is 0 Å². The summed E-state index contributed by atoms with van der Waals surface area (Å²) in [5.41, 5.74) is 1.31. The monoisotopic (exact) mass is 384 g/mol. The summed E-state index contributed by atoms with van der Waals surface area (Å²) in [6, 6.07) is 10.4. The molecular formula is C18H16N4O4S. The molecule has 1 atom stereocenters. The first-order chi connectivity index (χ1) is 13.1. The number of amides is 2. The molecule has 1 aliphatic rings. The Morgan fingerprint density at radius 2 is 2.15 bits per heavy atom. The van der Waals surface area contributed by atoms with Crippen LogP contribution in [0.15, 0.2) is 56.7 Å². The zero-order chi connectivity index (χ0) is 18.8. The third-order valence-electron chi connectivity index (χ3n) is 4.09. The maximum Gasteiger partial charge on any atom is 0.284 e. The van der Waals surface area contributed by atoms with E-state index in [0.717, 1.165) is 11.8 Å². The summed E-state index contributed by atoms with van der Waals surface area (Å²) in [6.07, 6.45) is 1.75. The lowest BCUT2D eigenvalue weighted by Gasteiger charge is -2.27. The zero-order valence-corrected chi connectivity index (χ0v) is 15.2. The van der Waals surface area contributed by atoms with Crippen LogP contribution in [0.4, 0.5) is 11.4 Å². The number of aromatic nitrogens is 2. The quantitative estimate of drug-likeness (QED) is 0.689. The number of nitrogens with zero attached hydrogens (tertiary/aromatic N) is 3. The van der Waals surface area contributed by atoms with Crippen molar-refractivity contribution in [3.8, 4) is 11.7 Å². The molecule has 0 bridgehead atoms. The number of carbonyl (C=O) groups excluding carboxylic acids is 2. The average molecular weight is 384 g/mol. The van der Waals surface area contributed by atoms with Crippen LogP contribution in [0.5, 0.6) is 0 Å². The molecule has 4 rings (SSSR count). The van der Waals surface area contributed by atoms with E-state index in [2.05, 4.69) is 15.5 Å². The van der Waals surface area contributed by atoms with Crippen molar-refractivity contribution in [1.82, 2.24) is 10.2 Å². The summed E-state index contributed by atoms with van der Waals surface area (Å²) >= 11 is 1.15. The molecule has 0 spiro atoms. The van der Waals surface area contributed by atoms with Gasteiger partial charge in [-0.2, -0.15) is 0 Å². The normalized spacial score (nSPS) is 16.6. The Bertz CT molecular complexity index is 969. The van der Waals surface area contributed by atoms with E-state index in [4.69, 9.17) is 8.83 Å². The number of hydrogen-bond acceptors (Lipinski definition) is 7. The highest BCUT2D eigenvalue weighted by atomic mass is 32.2. The van der Waals surface area contributed by atoms with Gasteiger partial charge in [0.2, 0.25) is 11.8 Å². The van der Waals surface area contributed by atoms with Crippen LogP contribution in [0.3, 0.4) is 0 Å². The van der Waals surface area contributed by atoms with Gasteiger partial charge in [-0.1, -0.05) is 23.9 Å². The molecule has 1 aromatic carbocycles. The zero-order valence-electron chi connectivity index (χ0n) is 14.4. The molecular weight excluding hydrogens is 368 g/mol. The predicted molar refractivity (Wildman–Crippen MR) is 99.4 cm³/mol. The Morgan fingerprint density at radius 3 is 2.96 bits per heavy atom. The summed E-state index contributed by atoms with van der Waals surface area (Å²) in [4.78, 5) is 26.6. The first kappa shape index (κ1) is 17.3. The second kappa shape index (κ2) is 7.28. The van der Waals surface area contributed by atoms with Crippen LogP contribution in [0.25, 0.3) is 11.7 Å². The van der Waals surface area contributed by atoms with Crippen molar-refractivity contribution < 1.29 is 18.4 Å². The molecule has 0 radical (unpaired) electrons. The standard InChI is InChI=1S/C18H16N4O4S/c1-11-9-15(23)19-12-5-2-3-6-13(12)22(11)16(24)10-27-18-21-20-17(26-18)14-7-4-8-25-14/h2-8,11H,9-10H2,1H3,(H,19,23)/t11-/m1/s1. The van der Waals surface area contributed by atoms with Gasteiger partial charge in [-0.3, -0.25) is 9.59 Å². The van der Waals surface area contributed by atoms with Gasteiger partial charge in [-0.05, 0) is 31.2 Å². The van der Waals surface area contributed by atoms with Gasteiger partial charge in [0.25, 0.3) is 11.1 Å². The number of fused-ring (bicyclic) bond motifs is 1. The molecule has 8 nitrogen and oxygen atoms in total. The topological polar surface area (TPSA) is 101 Å².